The van der Waals surface area contributed by atoms with Crippen LogP contribution in [0.1, 0.15) is 6.92 Å². The summed E-state index contributed by atoms with van der Waals surface area (Å²) < 4.78 is 0. The molecule has 0 aromatic carbocycles. The van der Waals surface area contributed by atoms with Crippen molar-refractivity contribution in [3.05, 3.63) is 0 Å². The highest BCUT2D eigenvalue weighted by Gasteiger charge is 2.12. The first-order chi connectivity index (χ1) is 4.70. The summed E-state index contributed by atoms with van der Waals surface area (Å²) in [6.07, 6.45) is 0. The van der Waals surface area contributed by atoms with Crippen LogP contribution in [0.3, 0.4) is 0 Å². The number of amidine groups is 1. The molecular formula is C7H15N3. The van der Waals surface area contributed by atoms with Gasteiger partial charge in [0, 0.05) is 26.2 Å². The van der Waals surface area contributed by atoms with Crippen molar-refractivity contribution in [2.45, 2.75) is 6.92 Å². The second kappa shape index (κ2) is 3.01. The van der Waals surface area contributed by atoms with Crippen LogP contribution in [0.25, 0.3) is 0 Å². The van der Waals surface area contributed by atoms with Crippen molar-refractivity contribution >= 4 is 5.84 Å². The second-order valence-electron chi connectivity index (χ2n) is 2.88. The molecule has 0 saturated carbocycles. The maximum atomic E-state index is 7.36. The van der Waals surface area contributed by atoms with Gasteiger partial charge in [0.25, 0.3) is 0 Å². The molecule has 0 atom stereocenters. The molecule has 0 unspecified atom stereocenters. The topological polar surface area (TPSA) is 30.3 Å². The summed E-state index contributed by atoms with van der Waals surface area (Å²) in [6.45, 7) is 6.08. The fraction of sp³-hybridized carbons (Fsp3) is 0.857. The van der Waals surface area contributed by atoms with E-state index in [4.69, 9.17) is 5.41 Å². The normalized spacial score (nSPS) is 21.2. The van der Waals surface area contributed by atoms with Gasteiger partial charge < -0.3 is 9.80 Å². The zero-order chi connectivity index (χ0) is 7.56. The van der Waals surface area contributed by atoms with Gasteiger partial charge in [-0.25, -0.2) is 0 Å². The van der Waals surface area contributed by atoms with E-state index in [0.29, 0.717) is 5.84 Å². The van der Waals surface area contributed by atoms with E-state index in [-0.39, 0.29) is 0 Å². The van der Waals surface area contributed by atoms with Crippen LogP contribution in [0.5, 0.6) is 0 Å². The van der Waals surface area contributed by atoms with Gasteiger partial charge in [-0.2, -0.15) is 0 Å². The lowest BCUT2D eigenvalue weighted by Gasteiger charge is -2.32. The van der Waals surface area contributed by atoms with E-state index >= 15 is 0 Å². The average Bonchev–Trinajstić information content (AvgIpc) is 1.88. The lowest BCUT2D eigenvalue weighted by atomic mass is 10.3. The highest BCUT2D eigenvalue weighted by atomic mass is 15.3. The van der Waals surface area contributed by atoms with Gasteiger partial charge in [-0.1, -0.05) is 0 Å². The van der Waals surface area contributed by atoms with Crippen LogP contribution in [0.4, 0.5) is 0 Å². The van der Waals surface area contributed by atoms with E-state index < -0.39 is 0 Å². The molecule has 0 aromatic rings. The van der Waals surface area contributed by atoms with E-state index in [1.807, 2.05) is 6.92 Å². The number of nitrogens with zero attached hydrogens (tertiary/aromatic N) is 2. The summed E-state index contributed by atoms with van der Waals surface area (Å²) in [5, 5.41) is 7.36. The standard InChI is InChI=1S/C7H15N3/c1-7(8)10-5-3-9(2)4-6-10/h8H,3-6H2,1-2H3. The van der Waals surface area contributed by atoms with Crippen LogP contribution in [-0.2, 0) is 0 Å². The average molecular weight is 141 g/mol. The Kier molecular flexibility index (Phi) is 2.27. The Bertz CT molecular complexity index is 125. The summed E-state index contributed by atoms with van der Waals surface area (Å²) in [7, 11) is 2.12. The first kappa shape index (κ1) is 7.54. The lowest BCUT2D eigenvalue weighted by Crippen LogP contribution is -2.46. The third-order valence-electron chi connectivity index (χ3n) is 1.98. The van der Waals surface area contributed by atoms with Gasteiger partial charge in [-0.15, -0.1) is 0 Å². The molecule has 0 amide bonds. The van der Waals surface area contributed by atoms with Gasteiger partial charge in [-0.3, -0.25) is 5.41 Å². The van der Waals surface area contributed by atoms with Crippen molar-refractivity contribution in [2.75, 3.05) is 33.2 Å². The Morgan fingerprint density at radius 3 is 2.10 bits per heavy atom. The van der Waals surface area contributed by atoms with Gasteiger partial charge >= 0.3 is 0 Å². The molecule has 10 heavy (non-hydrogen) atoms. The Morgan fingerprint density at radius 1 is 1.20 bits per heavy atom. The third-order valence-corrected chi connectivity index (χ3v) is 1.98. The van der Waals surface area contributed by atoms with E-state index in [2.05, 4.69) is 16.8 Å². The molecule has 1 heterocycles. The molecule has 3 nitrogen and oxygen atoms in total. The van der Waals surface area contributed by atoms with Crippen molar-refractivity contribution in [1.29, 1.82) is 5.41 Å². The summed E-state index contributed by atoms with van der Waals surface area (Å²) in [4.78, 5) is 4.40. The van der Waals surface area contributed by atoms with Gasteiger partial charge in [0.15, 0.2) is 0 Å². The molecule has 3 heteroatoms. The minimum atomic E-state index is 0.702. The molecule has 58 valence electrons. The molecule has 1 aliphatic heterocycles. The smallest absolute Gasteiger partial charge is 0.0926 e. The molecule has 1 N–H and O–H groups in total. The molecule has 0 spiro atoms. The molecule has 0 radical (unpaired) electrons. The van der Waals surface area contributed by atoms with Crippen LogP contribution >= 0.6 is 0 Å². The van der Waals surface area contributed by atoms with Crippen molar-refractivity contribution in [3.63, 3.8) is 0 Å². The monoisotopic (exact) mass is 141 g/mol. The number of likely N-dealkylation sites (N-methyl/N-ethyl adjacent to an activating group) is 1. The van der Waals surface area contributed by atoms with Crippen molar-refractivity contribution in [1.82, 2.24) is 9.80 Å². The maximum Gasteiger partial charge on any atom is 0.0926 e. The number of nitrogens with one attached hydrogen (secondary N) is 1. The molecule has 1 aliphatic rings. The molecular weight excluding hydrogens is 126 g/mol. The highest BCUT2D eigenvalue weighted by Crippen LogP contribution is 1.98. The Balaban J connectivity index is 2.33. The highest BCUT2D eigenvalue weighted by molar-refractivity contribution is 5.76. The van der Waals surface area contributed by atoms with Gasteiger partial charge in [0.05, 0.1) is 5.84 Å². The van der Waals surface area contributed by atoms with Crippen molar-refractivity contribution in [2.24, 2.45) is 0 Å². The van der Waals surface area contributed by atoms with Crippen LogP contribution in [0, 0.1) is 5.41 Å². The minimum Gasteiger partial charge on any atom is -0.358 e. The predicted molar refractivity (Wildman–Crippen MR) is 42.5 cm³/mol. The minimum absolute atomic E-state index is 0.702. The van der Waals surface area contributed by atoms with Crippen LogP contribution in [-0.4, -0.2) is 48.9 Å². The van der Waals surface area contributed by atoms with Crippen molar-refractivity contribution in [3.8, 4) is 0 Å². The number of hydrogen-bond acceptors (Lipinski definition) is 2. The molecule has 1 saturated heterocycles. The quantitative estimate of drug-likeness (QED) is 0.386. The van der Waals surface area contributed by atoms with E-state index in [1.165, 1.54) is 0 Å². The Hall–Kier alpha value is -0.570. The second-order valence-corrected chi connectivity index (χ2v) is 2.88. The molecule has 0 aliphatic carbocycles. The first-order valence-corrected chi connectivity index (χ1v) is 3.69. The maximum absolute atomic E-state index is 7.36. The summed E-state index contributed by atoms with van der Waals surface area (Å²) in [6, 6.07) is 0. The molecule has 0 bridgehead atoms. The van der Waals surface area contributed by atoms with E-state index in [9.17, 15) is 0 Å². The fourth-order valence-corrected chi connectivity index (χ4v) is 1.14. The van der Waals surface area contributed by atoms with Crippen LogP contribution in [0.2, 0.25) is 0 Å². The van der Waals surface area contributed by atoms with Gasteiger partial charge in [-0.05, 0) is 14.0 Å². The SMILES string of the molecule is CC(=N)N1CCN(C)CC1. The molecule has 0 aromatic heterocycles. The first-order valence-electron chi connectivity index (χ1n) is 3.69. The van der Waals surface area contributed by atoms with Gasteiger partial charge in [0.1, 0.15) is 0 Å². The fourth-order valence-electron chi connectivity index (χ4n) is 1.14. The summed E-state index contributed by atoms with van der Waals surface area (Å²) in [5.41, 5.74) is 0. The predicted octanol–water partition coefficient (Wildman–Crippen LogP) is 0.231. The molecule has 1 rings (SSSR count). The lowest BCUT2D eigenvalue weighted by molar-refractivity contribution is 0.214. The van der Waals surface area contributed by atoms with Crippen molar-refractivity contribution < 1.29 is 0 Å². The van der Waals surface area contributed by atoms with Crippen LogP contribution < -0.4 is 0 Å². The Morgan fingerprint density at radius 2 is 1.70 bits per heavy atom. The third kappa shape index (κ3) is 1.70. The number of hydrogen-bond donors (Lipinski definition) is 1. The largest absolute Gasteiger partial charge is 0.358 e. The molecule has 1 fully saturated rings. The summed E-state index contributed by atoms with van der Waals surface area (Å²) in [5.74, 6) is 0.702. The summed E-state index contributed by atoms with van der Waals surface area (Å²) >= 11 is 0. The zero-order valence-corrected chi connectivity index (χ0v) is 6.72. The Labute approximate surface area is 62.1 Å². The van der Waals surface area contributed by atoms with Crippen LogP contribution in [0.15, 0.2) is 0 Å². The van der Waals surface area contributed by atoms with E-state index in [0.717, 1.165) is 26.2 Å². The number of piperazine rings is 1. The van der Waals surface area contributed by atoms with Gasteiger partial charge in [0.2, 0.25) is 0 Å². The van der Waals surface area contributed by atoms with E-state index in [1.54, 1.807) is 0 Å². The zero-order valence-electron chi connectivity index (χ0n) is 6.72. The number of rotatable bonds is 0.